The maximum atomic E-state index is 11.5. The SMILES string of the molecule is CCC(=O)Nc1cc2c(cc1[N+](=O)[O-])OC(C)(C)C1OC21. The van der Waals surface area contributed by atoms with E-state index in [4.69, 9.17) is 9.47 Å². The third kappa shape index (κ3) is 2.23. The van der Waals surface area contributed by atoms with Crippen LogP contribution in [-0.2, 0) is 9.53 Å². The summed E-state index contributed by atoms with van der Waals surface area (Å²) in [6.45, 7) is 5.46. The molecular weight excluding hydrogens is 276 g/mol. The van der Waals surface area contributed by atoms with Gasteiger partial charge in [0.1, 0.15) is 29.2 Å². The highest BCUT2D eigenvalue weighted by atomic mass is 16.6. The molecule has 7 nitrogen and oxygen atoms in total. The first-order chi connectivity index (χ1) is 9.83. The first kappa shape index (κ1) is 13.8. The van der Waals surface area contributed by atoms with Gasteiger partial charge in [-0.2, -0.15) is 0 Å². The second kappa shape index (κ2) is 4.42. The highest BCUT2D eigenvalue weighted by Crippen LogP contribution is 2.55. The zero-order valence-electron chi connectivity index (χ0n) is 12.0. The third-order valence-corrected chi connectivity index (χ3v) is 3.78. The average Bonchev–Trinajstić information content (AvgIpc) is 3.19. The van der Waals surface area contributed by atoms with E-state index in [2.05, 4.69) is 5.32 Å². The molecule has 2 aliphatic rings. The van der Waals surface area contributed by atoms with Crippen molar-refractivity contribution in [2.75, 3.05) is 5.32 Å². The summed E-state index contributed by atoms with van der Waals surface area (Å²) in [7, 11) is 0. The predicted octanol–water partition coefficient (Wildman–Crippen LogP) is 2.55. The van der Waals surface area contributed by atoms with Gasteiger partial charge < -0.3 is 14.8 Å². The topological polar surface area (TPSA) is 94.0 Å². The standard InChI is InChI=1S/C14H16N2O5/c1-4-11(17)15-8-5-7-10(6-9(8)16(18)19)21-14(2,3)13-12(7)20-13/h5-6,12-13H,4H2,1-3H3,(H,15,17). The van der Waals surface area contributed by atoms with Gasteiger partial charge in [-0.1, -0.05) is 6.92 Å². The van der Waals surface area contributed by atoms with E-state index in [-0.39, 0.29) is 35.9 Å². The van der Waals surface area contributed by atoms with Crippen molar-refractivity contribution in [1.29, 1.82) is 0 Å². The van der Waals surface area contributed by atoms with Crippen LogP contribution in [-0.4, -0.2) is 22.5 Å². The smallest absolute Gasteiger partial charge is 0.296 e. The van der Waals surface area contributed by atoms with Crippen molar-refractivity contribution in [3.05, 3.63) is 27.8 Å². The van der Waals surface area contributed by atoms with Crippen molar-refractivity contribution in [3.8, 4) is 5.75 Å². The Bertz CT molecular complexity index is 640. The molecule has 1 fully saturated rings. The van der Waals surface area contributed by atoms with Crippen molar-refractivity contribution in [2.24, 2.45) is 0 Å². The highest BCUT2D eigenvalue weighted by Gasteiger charge is 2.57. The monoisotopic (exact) mass is 292 g/mol. The Morgan fingerprint density at radius 2 is 2.19 bits per heavy atom. The zero-order valence-corrected chi connectivity index (χ0v) is 12.0. The summed E-state index contributed by atoms with van der Waals surface area (Å²) in [6.07, 6.45) is 0.0726. The third-order valence-electron chi connectivity index (χ3n) is 3.78. The van der Waals surface area contributed by atoms with Gasteiger partial charge in [-0.25, -0.2) is 0 Å². The maximum Gasteiger partial charge on any atom is 0.296 e. The van der Waals surface area contributed by atoms with Crippen molar-refractivity contribution < 1.29 is 19.2 Å². The number of nitrogens with one attached hydrogen (secondary N) is 1. The summed E-state index contributed by atoms with van der Waals surface area (Å²) in [5.74, 6) is 0.170. The number of carbonyl (C=O) groups excluding carboxylic acids is 1. The first-order valence-electron chi connectivity index (χ1n) is 6.80. The van der Waals surface area contributed by atoms with E-state index in [0.717, 1.165) is 5.56 Å². The van der Waals surface area contributed by atoms with E-state index in [1.54, 1.807) is 13.0 Å². The Kier molecular flexibility index (Phi) is 2.91. The normalized spacial score (nSPS) is 24.3. The molecule has 7 heteroatoms. The summed E-state index contributed by atoms with van der Waals surface area (Å²) in [6, 6.07) is 2.95. The molecule has 112 valence electrons. The molecule has 2 aliphatic heterocycles. The molecule has 3 rings (SSSR count). The number of amides is 1. The van der Waals surface area contributed by atoms with E-state index in [0.29, 0.717) is 5.75 Å². The van der Waals surface area contributed by atoms with E-state index in [1.807, 2.05) is 13.8 Å². The molecular formula is C14H16N2O5. The lowest BCUT2D eigenvalue weighted by atomic mass is 9.93. The second-order valence-corrected chi connectivity index (χ2v) is 5.75. The Labute approximate surface area is 121 Å². The lowest BCUT2D eigenvalue weighted by molar-refractivity contribution is -0.384. The molecule has 1 N–H and O–H groups in total. The summed E-state index contributed by atoms with van der Waals surface area (Å²) >= 11 is 0. The van der Waals surface area contributed by atoms with Gasteiger partial charge in [0.2, 0.25) is 5.91 Å². The molecule has 21 heavy (non-hydrogen) atoms. The number of nitro benzene ring substituents is 1. The average molecular weight is 292 g/mol. The first-order valence-corrected chi connectivity index (χ1v) is 6.80. The number of epoxide rings is 1. The molecule has 1 aromatic rings. The lowest BCUT2D eigenvalue weighted by Gasteiger charge is -2.29. The molecule has 0 saturated carbocycles. The van der Waals surface area contributed by atoms with E-state index >= 15 is 0 Å². The van der Waals surface area contributed by atoms with Gasteiger partial charge >= 0.3 is 0 Å². The number of hydrogen-bond donors (Lipinski definition) is 1. The summed E-state index contributed by atoms with van der Waals surface area (Å²) in [5.41, 5.74) is 0.240. The molecule has 0 spiro atoms. The van der Waals surface area contributed by atoms with Crippen LogP contribution in [0.4, 0.5) is 11.4 Å². The van der Waals surface area contributed by atoms with Gasteiger partial charge in [-0.15, -0.1) is 0 Å². The van der Waals surface area contributed by atoms with Crippen LogP contribution >= 0.6 is 0 Å². The fourth-order valence-corrected chi connectivity index (χ4v) is 2.61. The zero-order chi connectivity index (χ0) is 15.4. The van der Waals surface area contributed by atoms with Crippen LogP contribution in [0.3, 0.4) is 0 Å². The van der Waals surface area contributed by atoms with Crippen LogP contribution in [0.5, 0.6) is 5.75 Å². The Morgan fingerprint density at radius 3 is 2.81 bits per heavy atom. The molecule has 0 bridgehead atoms. The van der Waals surface area contributed by atoms with E-state index < -0.39 is 10.5 Å². The number of nitrogens with zero attached hydrogens (tertiary/aromatic N) is 1. The molecule has 1 saturated heterocycles. The molecule has 1 amide bonds. The van der Waals surface area contributed by atoms with Gasteiger partial charge in [0, 0.05) is 12.0 Å². The molecule has 2 unspecified atom stereocenters. The minimum atomic E-state index is -0.526. The number of anilines is 1. The van der Waals surface area contributed by atoms with E-state index in [1.165, 1.54) is 6.07 Å². The Balaban J connectivity index is 2.05. The van der Waals surface area contributed by atoms with Crippen molar-refractivity contribution in [3.63, 3.8) is 0 Å². The molecule has 0 radical (unpaired) electrons. The lowest BCUT2D eigenvalue weighted by Crippen LogP contribution is -2.37. The number of benzene rings is 1. The summed E-state index contributed by atoms with van der Waals surface area (Å²) in [4.78, 5) is 22.2. The molecule has 0 aromatic heterocycles. The van der Waals surface area contributed by atoms with Gasteiger partial charge in [0.15, 0.2) is 0 Å². The highest BCUT2D eigenvalue weighted by molar-refractivity contribution is 5.93. The number of ether oxygens (including phenoxy) is 2. The van der Waals surface area contributed by atoms with Crippen LogP contribution in [0.25, 0.3) is 0 Å². The summed E-state index contributed by atoms with van der Waals surface area (Å²) in [5, 5.41) is 13.8. The molecule has 2 atom stereocenters. The van der Waals surface area contributed by atoms with Crippen LogP contribution in [0.1, 0.15) is 38.9 Å². The quantitative estimate of drug-likeness (QED) is 0.525. The molecule has 1 aromatic carbocycles. The Morgan fingerprint density at radius 1 is 1.48 bits per heavy atom. The number of carbonyl (C=O) groups is 1. The maximum absolute atomic E-state index is 11.5. The number of rotatable bonds is 3. The number of hydrogen-bond acceptors (Lipinski definition) is 5. The van der Waals surface area contributed by atoms with Crippen molar-refractivity contribution in [1.82, 2.24) is 0 Å². The van der Waals surface area contributed by atoms with Gasteiger partial charge in [0.05, 0.1) is 11.0 Å². The van der Waals surface area contributed by atoms with Crippen LogP contribution < -0.4 is 10.1 Å². The van der Waals surface area contributed by atoms with E-state index in [9.17, 15) is 14.9 Å². The minimum Gasteiger partial charge on any atom is -0.484 e. The second-order valence-electron chi connectivity index (χ2n) is 5.75. The minimum absolute atomic E-state index is 0.0545. The fourth-order valence-electron chi connectivity index (χ4n) is 2.61. The summed E-state index contributed by atoms with van der Waals surface area (Å²) < 4.78 is 11.4. The van der Waals surface area contributed by atoms with Crippen LogP contribution in [0.15, 0.2) is 12.1 Å². The number of fused-ring (bicyclic) bond motifs is 3. The van der Waals surface area contributed by atoms with Crippen LogP contribution in [0.2, 0.25) is 0 Å². The largest absolute Gasteiger partial charge is 0.484 e. The van der Waals surface area contributed by atoms with Gasteiger partial charge in [-0.3, -0.25) is 14.9 Å². The Hall–Kier alpha value is -2.15. The number of nitro groups is 1. The molecule has 0 aliphatic carbocycles. The molecule has 2 heterocycles. The van der Waals surface area contributed by atoms with Crippen molar-refractivity contribution >= 4 is 17.3 Å². The predicted molar refractivity (Wildman–Crippen MR) is 74.3 cm³/mol. The van der Waals surface area contributed by atoms with Gasteiger partial charge in [-0.05, 0) is 19.9 Å². The fraction of sp³-hybridized carbons (Fsp3) is 0.500. The van der Waals surface area contributed by atoms with Gasteiger partial charge in [0.25, 0.3) is 5.69 Å². The van der Waals surface area contributed by atoms with Crippen molar-refractivity contribution in [2.45, 2.75) is 45.0 Å². The van der Waals surface area contributed by atoms with Crippen LogP contribution in [0, 0.1) is 10.1 Å².